The first-order valence-electron chi connectivity index (χ1n) is 6.45. The van der Waals surface area contributed by atoms with Gasteiger partial charge in [-0.2, -0.15) is 0 Å². The van der Waals surface area contributed by atoms with Crippen LogP contribution in [0.25, 0.3) is 0 Å². The fourth-order valence-electron chi connectivity index (χ4n) is 2.07. The highest BCUT2D eigenvalue weighted by Crippen LogP contribution is 2.26. The second-order valence-corrected chi connectivity index (χ2v) is 4.70. The summed E-state index contributed by atoms with van der Waals surface area (Å²) in [5, 5.41) is 22.3. The van der Waals surface area contributed by atoms with E-state index in [0.29, 0.717) is 5.75 Å². The third-order valence-corrected chi connectivity index (χ3v) is 3.24. The summed E-state index contributed by atoms with van der Waals surface area (Å²) in [5.74, 6) is 0.585. The Morgan fingerprint density at radius 1 is 1.05 bits per heavy atom. The molecule has 0 heterocycles. The van der Waals surface area contributed by atoms with Crippen LogP contribution in [0.15, 0.2) is 42.5 Å². The zero-order valence-corrected chi connectivity index (χ0v) is 11.2. The molecule has 0 aromatic heterocycles. The van der Waals surface area contributed by atoms with Crippen molar-refractivity contribution in [2.24, 2.45) is 0 Å². The lowest BCUT2D eigenvalue weighted by Crippen LogP contribution is -2.09. The summed E-state index contributed by atoms with van der Waals surface area (Å²) >= 11 is 0. The maximum absolute atomic E-state index is 9.53. The van der Waals surface area contributed by atoms with Gasteiger partial charge >= 0.3 is 0 Å². The summed E-state index contributed by atoms with van der Waals surface area (Å²) < 4.78 is 0. The number of anilines is 1. The van der Waals surface area contributed by atoms with Gasteiger partial charge in [0, 0.05) is 5.69 Å². The summed E-state index contributed by atoms with van der Waals surface area (Å²) in [4.78, 5) is 0. The molecule has 3 N–H and O–H groups in total. The molecule has 0 bridgehead atoms. The lowest BCUT2D eigenvalue weighted by Gasteiger charge is -2.19. The van der Waals surface area contributed by atoms with Crippen molar-refractivity contribution in [2.45, 2.75) is 26.3 Å². The van der Waals surface area contributed by atoms with E-state index >= 15 is 0 Å². The van der Waals surface area contributed by atoms with Gasteiger partial charge in [-0.15, -0.1) is 0 Å². The van der Waals surface area contributed by atoms with E-state index < -0.39 is 0 Å². The van der Waals surface area contributed by atoms with Crippen molar-refractivity contribution in [1.82, 2.24) is 0 Å². The van der Waals surface area contributed by atoms with Gasteiger partial charge in [0.15, 0.2) is 0 Å². The highest BCUT2D eigenvalue weighted by Gasteiger charge is 2.09. The Morgan fingerprint density at radius 3 is 2.32 bits per heavy atom. The maximum atomic E-state index is 9.53. The third kappa shape index (κ3) is 3.19. The molecule has 3 nitrogen and oxygen atoms in total. The zero-order chi connectivity index (χ0) is 13.8. The molecule has 19 heavy (non-hydrogen) atoms. The fourth-order valence-corrected chi connectivity index (χ4v) is 2.07. The van der Waals surface area contributed by atoms with Gasteiger partial charge in [0.25, 0.3) is 0 Å². The van der Waals surface area contributed by atoms with Gasteiger partial charge in [0.1, 0.15) is 11.5 Å². The number of hydrogen-bond acceptors (Lipinski definition) is 3. The summed E-state index contributed by atoms with van der Waals surface area (Å²) in [6.45, 7) is 3.99. The minimum absolute atomic E-state index is 0.185. The van der Waals surface area contributed by atoms with Crippen LogP contribution in [-0.2, 0) is 0 Å². The lowest BCUT2D eigenvalue weighted by molar-refractivity contribution is 0.471. The Balaban J connectivity index is 2.18. The fraction of sp³-hybridized carbons (Fsp3) is 0.250. The van der Waals surface area contributed by atoms with Crippen molar-refractivity contribution in [3.8, 4) is 11.5 Å². The normalized spacial score (nSPS) is 12.1. The van der Waals surface area contributed by atoms with Crippen molar-refractivity contribution < 1.29 is 10.2 Å². The van der Waals surface area contributed by atoms with Crippen molar-refractivity contribution >= 4 is 5.69 Å². The molecular formula is C16H19NO2. The topological polar surface area (TPSA) is 52.5 Å². The number of phenolic OH excluding ortho intramolecular Hbond substituents is 2. The van der Waals surface area contributed by atoms with Gasteiger partial charge < -0.3 is 15.5 Å². The Kier molecular flexibility index (Phi) is 3.95. The Hall–Kier alpha value is -2.16. The molecule has 0 radical (unpaired) electrons. The van der Waals surface area contributed by atoms with E-state index in [1.54, 1.807) is 18.2 Å². The molecule has 0 aliphatic rings. The van der Waals surface area contributed by atoms with Crippen LogP contribution in [0, 0.1) is 6.92 Å². The first-order valence-corrected chi connectivity index (χ1v) is 6.45. The maximum Gasteiger partial charge on any atom is 0.118 e. The van der Waals surface area contributed by atoms with Gasteiger partial charge in [-0.25, -0.2) is 0 Å². The van der Waals surface area contributed by atoms with E-state index in [2.05, 4.69) is 12.2 Å². The van der Waals surface area contributed by atoms with Crippen LogP contribution in [0.2, 0.25) is 0 Å². The Morgan fingerprint density at radius 2 is 1.74 bits per heavy atom. The summed E-state index contributed by atoms with van der Waals surface area (Å²) in [6, 6.07) is 12.9. The van der Waals surface area contributed by atoms with Gasteiger partial charge in [-0.1, -0.05) is 19.1 Å². The van der Waals surface area contributed by atoms with Crippen LogP contribution in [0.3, 0.4) is 0 Å². The standard InChI is InChI=1S/C16H19NO2/c1-3-15(12-4-7-14(18)8-5-12)17-13-6-9-16(19)11(2)10-13/h4-10,15,17-19H,3H2,1-2H3. The number of hydrogen-bond donors (Lipinski definition) is 3. The van der Waals surface area contributed by atoms with Gasteiger partial charge in [-0.3, -0.25) is 0 Å². The molecule has 100 valence electrons. The molecule has 0 aliphatic carbocycles. The molecular weight excluding hydrogens is 238 g/mol. The third-order valence-electron chi connectivity index (χ3n) is 3.24. The number of rotatable bonds is 4. The minimum Gasteiger partial charge on any atom is -0.508 e. The predicted octanol–water partition coefficient (Wildman–Crippen LogP) is 3.97. The average Bonchev–Trinajstić information content (AvgIpc) is 2.41. The SMILES string of the molecule is CCC(Nc1ccc(O)c(C)c1)c1ccc(O)cc1. The smallest absolute Gasteiger partial charge is 0.118 e. The van der Waals surface area contributed by atoms with E-state index in [1.807, 2.05) is 31.2 Å². The van der Waals surface area contributed by atoms with Crippen LogP contribution in [0.4, 0.5) is 5.69 Å². The van der Waals surface area contributed by atoms with Crippen molar-refractivity contribution in [3.63, 3.8) is 0 Å². The molecule has 0 spiro atoms. The molecule has 0 saturated heterocycles. The predicted molar refractivity (Wildman–Crippen MR) is 77.6 cm³/mol. The van der Waals surface area contributed by atoms with E-state index in [4.69, 9.17) is 0 Å². The molecule has 1 unspecified atom stereocenters. The van der Waals surface area contributed by atoms with Gasteiger partial charge in [-0.05, 0) is 54.8 Å². The van der Waals surface area contributed by atoms with E-state index in [-0.39, 0.29) is 11.8 Å². The molecule has 0 amide bonds. The van der Waals surface area contributed by atoms with Crippen LogP contribution < -0.4 is 5.32 Å². The zero-order valence-electron chi connectivity index (χ0n) is 11.2. The van der Waals surface area contributed by atoms with Crippen molar-refractivity contribution in [3.05, 3.63) is 53.6 Å². The highest BCUT2D eigenvalue weighted by molar-refractivity contribution is 5.51. The first kappa shape index (κ1) is 13.3. The Bertz CT molecular complexity index is 549. The van der Waals surface area contributed by atoms with Crippen LogP contribution in [0.5, 0.6) is 11.5 Å². The minimum atomic E-state index is 0.185. The number of nitrogens with one attached hydrogen (secondary N) is 1. The number of benzene rings is 2. The number of aryl methyl sites for hydroxylation is 1. The quantitative estimate of drug-likeness (QED) is 0.726. The van der Waals surface area contributed by atoms with Crippen molar-refractivity contribution in [1.29, 1.82) is 0 Å². The van der Waals surface area contributed by atoms with Gasteiger partial charge in [0.2, 0.25) is 0 Å². The highest BCUT2D eigenvalue weighted by atomic mass is 16.3. The van der Waals surface area contributed by atoms with Crippen molar-refractivity contribution in [2.75, 3.05) is 5.32 Å². The Labute approximate surface area is 113 Å². The number of phenols is 2. The summed E-state index contributed by atoms with van der Waals surface area (Å²) in [5.41, 5.74) is 2.96. The van der Waals surface area contributed by atoms with Crippen LogP contribution in [0.1, 0.15) is 30.5 Å². The monoisotopic (exact) mass is 257 g/mol. The molecule has 2 rings (SSSR count). The molecule has 2 aromatic rings. The van der Waals surface area contributed by atoms with Gasteiger partial charge in [0.05, 0.1) is 6.04 Å². The summed E-state index contributed by atoms with van der Waals surface area (Å²) in [6.07, 6.45) is 0.935. The molecule has 3 heteroatoms. The average molecular weight is 257 g/mol. The largest absolute Gasteiger partial charge is 0.508 e. The lowest BCUT2D eigenvalue weighted by atomic mass is 10.0. The van der Waals surface area contributed by atoms with E-state index in [1.165, 1.54) is 0 Å². The first-order chi connectivity index (χ1) is 9.10. The van der Waals surface area contributed by atoms with Crippen LogP contribution >= 0.6 is 0 Å². The number of aromatic hydroxyl groups is 2. The van der Waals surface area contributed by atoms with Crippen LogP contribution in [-0.4, -0.2) is 10.2 Å². The molecule has 1 atom stereocenters. The second-order valence-electron chi connectivity index (χ2n) is 4.70. The molecule has 0 fully saturated rings. The molecule has 0 aliphatic heterocycles. The van der Waals surface area contributed by atoms with E-state index in [9.17, 15) is 10.2 Å². The summed E-state index contributed by atoms with van der Waals surface area (Å²) in [7, 11) is 0. The second kappa shape index (κ2) is 5.65. The molecule has 0 saturated carbocycles. The van der Waals surface area contributed by atoms with E-state index in [0.717, 1.165) is 23.2 Å². The molecule has 2 aromatic carbocycles.